The molecule has 1 aromatic rings. The number of aromatic carboxylic acids is 1. The molecule has 0 saturated carbocycles. The van der Waals surface area contributed by atoms with Gasteiger partial charge in [-0.2, -0.15) is 0 Å². The van der Waals surface area contributed by atoms with E-state index in [9.17, 15) is 9.59 Å². The molecule has 1 fully saturated rings. The van der Waals surface area contributed by atoms with E-state index in [-0.39, 0.29) is 11.5 Å². The average Bonchev–Trinajstić information content (AvgIpc) is 2.44. The second kappa shape index (κ2) is 6.93. The van der Waals surface area contributed by atoms with E-state index in [0.717, 1.165) is 13.1 Å². The maximum atomic E-state index is 12.2. The second-order valence-electron chi connectivity index (χ2n) is 5.72. The van der Waals surface area contributed by atoms with Crippen molar-refractivity contribution >= 4 is 23.6 Å². The Balaban J connectivity index is 1.87. The first-order valence-corrected chi connectivity index (χ1v) is 8.04. The van der Waals surface area contributed by atoms with Crippen molar-refractivity contribution in [3.8, 4) is 0 Å². The minimum absolute atomic E-state index is 0.127. The maximum absolute atomic E-state index is 12.2. The number of likely N-dealkylation sites (tertiary alicyclic amines) is 1. The Morgan fingerprint density at radius 3 is 2.52 bits per heavy atom. The van der Waals surface area contributed by atoms with Gasteiger partial charge in [0.25, 0.3) is 0 Å². The number of aromatic nitrogens is 1. The highest BCUT2D eigenvalue weighted by atomic mass is 32.2. The summed E-state index contributed by atoms with van der Waals surface area (Å²) in [6, 6.07) is 3.15. The molecule has 2 heterocycles. The van der Waals surface area contributed by atoms with Crippen molar-refractivity contribution in [2.24, 2.45) is 11.8 Å². The lowest BCUT2D eigenvalue weighted by atomic mass is 9.92. The van der Waals surface area contributed by atoms with Crippen LogP contribution in [0.3, 0.4) is 0 Å². The third-order valence-electron chi connectivity index (χ3n) is 3.55. The van der Waals surface area contributed by atoms with Crippen LogP contribution in [-0.2, 0) is 4.79 Å². The summed E-state index contributed by atoms with van der Waals surface area (Å²) < 4.78 is 0. The van der Waals surface area contributed by atoms with Gasteiger partial charge in [0.1, 0.15) is 0 Å². The molecule has 0 aliphatic carbocycles. The largest absolute Gasteiger partial charge is 0.478 e. The van der Waals surface area contributed by atoms with Crippen LogP contribution in [0.25, 0.3) is 0 Å². The van der Waals surface area contributed by atoms with Crippen LogP contribution in [0.5, 0.6) is 0 Å². The summed E-state index contributed by atoms with van der Waals surface area (Å²) in [4.78, 5) is 28.9. The SMILES string of the molecule is CC1CC(C)CN(C(=O)CSc2ccc(C(=O)O)cn2)C1. The molecule has 5 nitrogen and oxygen atoms in total. The van der Waals surface area contributed by atoms with Crippen LogP contribution in [-0.4, -0.2) is 45.7 Å². The van der Waals surface area contributed by atoms with Gasteiger partial charge < -0.3 is 10.0 Å². The number of rotatable bonds is 4. The number of carbonyl (C=O) groups excluding carboxylic acids is 1. The van der Waals surface area contributed by atoms with Crippen LogP contribution < -0.4 is 0 Å². The normalized spacial score (nSPS) is 22.1. The fraction of sp³-hybridized carbons (Fsp3) is 0.533. The van der Waals surface area contributed by atoms with E-state index in [1.165, 1.54) is 30.4 Å². The standard InChI is InChI=1S/C15H20N2O3S/c1-10-5-11(2)8-17(7-10)14(18)9-21-13-4-3-12(6-16-13)15(19)20/h3-4,6,10-11H,5,7-9H2,1-2H3,(H,19,20). The van der Waals surface area contributed by atoms with E-state index in [4.69, 9.17) is 5.11 Å². The predicted molar refractivity (Wildman–Crippen MR) is 81.4 cm³/mol. The van der Waals surface area contributed by atoms with Crippen molar-refractivity contribution in [3.63, 3.8) is 0 Å². The summed E-state index contributed by atoms with van der Waals surface area (Å²) in [5, 5.41) is 9.48. The van der Waals surface area contributed by atoms with E-state index in [0.29, 0.717) is 22.6 Å². The molecule has 114 valence electrons. The second-order valence-corrected chi connectivity index (χ2v) is 6.72. The van der Waals surface area contributed by atoms with Crippen LogP contribution in [0.4, 0.5) is 0 Å². The Hall–Kier alpha value is -1.56. The van der Waals surface area contributed by atoms with Crippen LogP contribution in [0.2, 0.25) is 0 Å². The molecule has 2 atom stereocenters. The summed E-state index contributed by atoms with van der Waals surface area (Å²) in [7, 11) is 0. The molecule has 6 heteroatoms. The number of hydrogen-bond donors (Lipinski definition) is 1. The molecule has 1 aromatic heterocycles. The minimum Gasteiger partial charge on any atom is -0.478 e. The first kappa shape index (κ1) is 15.8. The Morgan fingerprint density at radius 1 is 1.33 bits per heavy atom. The molecule has 2 unspecified atom stereocenters. The van der Waals surface area contributed by atoms with Crippen molar-refractivity contribution in [2.75, 3.05) is 18.8 Å². The van der Waals surface area contributed by atoms with Gasteiger partial charge in [0.05, 0.1) is 16.3 Å². The zero-order valence-corrected chi connectivity index (χ0v) is 13.1. The highest BCUT2D eigenvalue weighted by Gasteiger charge is 2.25. The Morgan fingerprint density at radius 2 is 2.00 bits per heavy atom. The number of pyridine rings is 1. The van der Waals surface area contributed by atoms with E-state index in [1.807, 2.05) is 4.90 Å². The number of piperidine rings is 1. The highest BCUT2D eigenvalue weighted by Crippen LogP contribution is 2.23. The Kier molecular flexibility index (Phi) is 5.22. The van der Waals surface area contributed by atoms with Crippen LogP contribution in [0.15, 0.2) is 23.4 Å². The van der Waals surface area contributed by atoms with Gasteiger partial charge in [-0.15, -0.1) is 0 Å². The molecular formula is C15H20N2O3S. The lowest BCUT2D eigenvalue weighted by Crippen LogP contribution is -2.43. The van der Waals surface area contributed by atoms with E-state index < -0.39 is 5.97 Å². The first-order chi connectivity index (χ1) is 9.95. The fourth-order valence-corrected chi connectivity index (χ4v) is 3.43. The maximum Gasteiger partial charge on any atom is 0.337 e. The summed E-state index contributed by atoms with van der Waals surface area (Å²) in [6.45, 7) is 6.01. The van der Waals surface area contributed by atoms with Crippen molar-refractivity contribution < 1.29 is 14.7 Å². The molecule has 1 aliphatic rings. The summed E-state index contributed by atoms with van der Waals surface area (Å²) in [5.41, 5.74) is 0.157. The fourth-order valence-electron chi connectivity index (χ4n) is 2.69. The third kappa shape index (κ3) is 4.46. The number of amides is 1. The van der Waals surface area contributed by atoms with Gasteiger partial charge in [-0.05, 0) is 30.4 Å². The van der Waals surface area contributed by atoms with Crippen LogP contribution in [0.1, 0.15) is 30.6 Å². The van der Waals surface area contributed by atoms with Crippen LogP contribution in [0, 0.1) is 11.8 Å². The molecule has 0 radical (unpaired) electrons. The Labute approximate surface area is 128 Å². The van der Waals surface area contributed by atoms with Gasteiger partial charge in [-0.1, -0.05) is 25.6 Å². The summed E-state index contributed by atoms with van der Waals surface area (Å²) >= 11 is 1.35. The zero-order valence-electron chi connectivity index (χ0n) is 12.3. The number of thioether (sulfide) groups is 1. The Bertz CT molecular complexity index is 508. The van der Waals surface area contributed by atoms with Gasteiger partial charge in [0.2, 0.25) is 5.91 Å². The molecular weight excluding hydrogens is 288 g/mol. The molecule has 1 amide bonds. The average molecular weight is 308 g/mol. The third-order valence-corrected chi connectivity index (χ3v) is 4.48. The van der Waals surface area contributed by atoms with Crippen molar-refractivity contribution in [1.82, 2.24) is 9.88 Å². The molecule has 1 N–H and O–H groups in total. The number of carbonyl (C=O) groups is 2. The lowest BCUT2D eigenvalue weighted by Gasteiger charge is -2.35. The van der Waals surface area contributed by atoms with Crippen molar-refractivity contribution in [2.45, 2.75) is 25.3 Å². The molecule has 1 saturated heterocycles. The van der Waals surface area contributed by atoms with E-state index in [1.54, 1.807) is 6.07 Å². The van der Waals surface area contributed by atoms with Gasteiger partial charge in [0.15, 0.2) is 0 Å². The molecule has 2 rings (SSSR count). The minimum atomic E-state index is -0.994. The van der Waals surface area contributed by atoms with Crippen molar-refractivity contribution in [1.29, 1.82) is 0 Å². The number of carboxylic acids is 1. The molecule has 21 heavy (non-hydrogen) atoms. The van der Waals surface area contributed by atoms with Gasteiger partial charge >= 0.3 is 5.97 Å². The summed E-state index contributed by atoms with van der Waals surface area (Å²) in [5.74, 6) is 0.582. The number of nitrogens with zero attached hydrogens (tertiary/aromatic N) is 2. The predicted octanol–water partition coefficient (Wildman–Crippen LogP) is 2.38. The van der Waals surface area contributed by atoms with Crippen LogP contribution >= 0.6 is 11.8 Å². The van der Waals surface area contributed by atoms with E-state index >= 15 is 0 Å². The summed E-state index contributed by atoms with van der Waals surface area (Å²) in [6.07, 6.45) is 2.50. The van der Waals surface area contributed by atoms with Gasteiger partial charge in [-0.3, -0.25) is 4.79 Å². The quantitative estimate of drug-likeness (QED) is 0.865. The monoisotopic (exact) mass is 308 g/mol. The number of hydrogen-bond acceptors (Lipinski definition) is 4. The first-order valence-electron chi connectivity index (χ1n) is 7.05. The smallest absolute Gasteiger partial charge is 0.337 e. The topological polar surface area (TPSA) is 70.5 Å². The molecule has 0 spiro atoms. The number of carboxylic acid groups (broad SMARTS) is 1. The molecule has 0 aromatic carbocycles. The van der Waals surface area contributed by atoms with Gasteiger partial charge in [0, 0.05) is 19.3 Å². The zero-order chi connectivity index (χ0) is 15.4. The molecule has 0 bridgehead atoms. The lowest BCUT2D eigenvalue weighted by molar-refractivity contribution is -0.130. The van der Waals surface area contributed by atoms with Crippen molar-refractivity contribution in [3.05, 3.63) is 23.9 Å². The van der Waals surface area contributed by atoms with E-state index in [2.05, 4.69) is 18.8 Å². The highest BCUT2D eigenvalue weighted by molar-refractivity contribution is 7.99. The molecule has 1 aliphatic heterocycles. The van der Waals surface area contributed by atoms with Gasteiger partial charge in [-0.25, -0.2) is 9.78 Å².